The fourth-order valence-corrected chi connectivity index (χ4v) is 1.68. The van der Waals surface area contributed by atoms with Crippen LogP contribution < -0.4 is 5.73 Å². The molecule has 0 amide bonds. The Labute approximate surface area is 115 Å². The fraction of sp³-hybridized carbons (Fsp3) is 0.286. The van der Waals surface area contributed by atoms with Crippen molar-refractivity contribution in [2.45, 2.75) is 26.2 Å². The van der Waals surface area contributed by atoms with Crippen LogP contribution >= 0.6 is 0 Å². The van der Waals surface area contributed by atoms with Crippen molar-refractivity contribution < 1.29 is 13.6 Å². The molecule has 106 valence electrons. The molecule has 2 aromatic rings. The summed E-state index contributed by atoms with van der Waals surface area (Å²) in [5.74, 6) is -2.54. The number of hydrogen-bond donors (Lipinski definition) is 1. The highest BCUT2D eigenvalue weighted by molar-refractivity contribution is 5.97. The lowest BCUT2D eigenvalue weighted by atomic mass is 9.92. The summed E-state index contributed by atoms with van der Waals surface area (Å²) in [6.07, 6.45) is 0. The summed E-state index contributed by atoms with van der Waals surface area (Å²) in [6.45, 7) is 5.80. The average molecular weight is 279 g/mol. The van der Waals surface area contributed by atoms with Gasteiger partial charge in [-0.15, -0.1) is 0 Å². The molecule has 0 atom stereocenters. The van der Waals surface area contributed by atoms with Crippen molar-refractivity contribution in [1.82, 2.24) is 9.78 Å². The molecule has 4 nitrogen and oxygen atoms in total. The molecular formula is C14H15F2N3O. The summed E-state index contributed by atoms with van der Waals surface area (Å²) >= 11 is 0. The third-order valence-electron chi connectivity index (χ3n) is 2.86. The van der Waals surface area contributed by atoms with Crippen molar-refractivity contribution in [2.75, 3.05) is 5.73 Å². The Hall–Kier alpha value is -2.24. The predicted octanol–water partition coefficient (Wildman–Crippen LogP) is 2.73. The number of aromatic nitrogens is 2. The van der Waals surface area contributed by atoms with E-state index < -0.39 is 17.5 Å². The van der Waals surface area contributed by atoms with Gasteiger partial charge in [0.2, 0.25) is 0 Å². The highest BCUT2D eigenvalue weighted by Crippen LogP contribution is 2.23. The first kappa shape index (κ1) is 14.2. The van der Waals surface area contributed by atoms with Gasteiger partial charge >= 0.3 is 0 Å². The molecule has 0 saturated carbocycles. The minimum Gasteiger partial charge on any atom is -0.383 e. The number of carbonyl (C=O) groups excluding carboxylic acids is 1. The van der Waals surface area contributed by atoms with Gasteiger partial charge < -0.3 is 5.73 Å². The number of rotatable bonds is 1. The molecule has 6 heteroatoms. The summed E-state index contributed by atoms with van der Waals surface area (Å²) in [7, 11) is 0. The quantitative estimate of drug-likeness (QED) is 0.873. The van der Waals surface area contributed by atoms with Gasteiger partial charge in [-0.2, -0.15) is 9.78 Å². The third-order valence-corrected chi connectivity index (χ3v) is 2.86. The van der Waals surface area contributed by atoms with E-state index in [1.165, 1.54) is 6.07 Å². The number of nitrogen functional groups attached to an aromatic ring is 1. The first-order valence-corrected chi connectivity index (χ1v) is 6.06. The molecule has 0 unspecified atom stereocenters. The van der Waals surface area contributed by atoms with E-state index in [1.807, 2.05) is 20.8 Å². The van der Waals surface area contributed by atoms with Gasteiger partial charge in [0, 0.05) is 17.0 Å². The van der Waals surface area contributed by atoms with E-state index in [0.29, 0.717) is 5.69 Å². The van der Waals surface area contributed by atoms with Crippen LogP contribution in [-0.4, -0.2) is 15.7 Å². The first-order chi connectivity index (χ1) is 9.20. The maximum absolute atomic E-state index is 13.2. The molecule has 0 spiro atoms. The van der Waals surface area contributed by atoms with E-state index >= 15 is 0 Å². The van der Waals surface area contributed by atoms with Crippen molar-refractivity contribution in [3.05, 3.63) is 47.2 Å². The molecular weight excluding hydrogens is 264 g/mol. The van der Waals surface area contributed by atoms with Gasteiger partial charge in [0.05, 0.1) is 5.69 Å². The monoisotopic (exact) mass is 279 g/mol. The van der Waals surface area contributed by atoms with E-state index in [0.717, 1.165) is 16.8 Å². The van der Waals surface area contributed by atoms with Crippen molar-refractivity contribution in [3.8, 4) is 0 Å². The molecule has 1 aromatic heterocycles. The average Bonchev–Trinajstić information content (AvgIpc) is 2.74. The number of nitrogens with two attached hydrogens (primary N) is 1. The van der Waals surface area contributed by atoms with Gasteiger partial charge in [0.1, 0.15) is 5.82 Å². The van der Waals surface area contributed by atoms with Crippen LogP contribution in [0.5, 0.6) is 0 Å². The van der Waals surface area contributed by atoms with Crippen LogP contribution in [0, 0.1) is 11.6 Å². The topological polar surface area (TPSA) is 60.9 Å². The molecule has 0 saturated heterocycles. The molecule has 0 fully saturated rings. The Morgan fingerprint density at radius 3 is 2.35 bits per heavy atom. The lowest BCUT2D eigenvalue weighted by Gasteiger charge is -2.13. The number of anilines is 1. The van der Waals surface area contributed by atoms with E-state index in [2.05, 4.69) is 5.10 Å². The first-order valence-electron chi connectivity index (χ1n) is 6.06. The number of halogens is 2. The van der Waals surface area contributed by atoms with Crippen molar-refractivity contribution in [1.29, 1.82) is 0 Å². The molecule has 0 aliphatic rings. The maximum atomic E-state index is 13.2. The Morgan fingerprint density at radius 1 is 1.20 bits per heavy atom. The van der Waals surface area contributed by atoms with Gasteiger partial charge in [0.25, 0.3) is 5.91 Å². The van der Waals surface area contributed by atoms with Crippen molar-refractivity contribution in [3.63, 3.8) is 0 Å². The normalized spacial score (nSPS) is 11.7. The predicted molar refractivity (Wildman–Crippen MR) is 71.4 cm³/mol. The van der Waals surface area contributed by atoms with Crippen LogP contribution in [0.1, 0.15) is 36.8 Å². The lowest BCUT2D eigenvalue weighted by molar-refractivity contribution is 0.0946. The second-order valence-corrected chi connectivity index (χ2v) is 5.55. The minimum absolute atomic E-state index is 0.0147. The number of hydrogen-bond acceptors (Lipinski definition) is 3. The molecule has 0 radical (unpaired) electrons. The summed E-state index contributed by atoms with van der Waals surface area (Å²) in [6, 6.07) is 4.51. The van der Waals surface area contributed by atoms with Gasteiger partial charge in [-0.3, -0.25) is 4.79 Å². The largest absolute Gasteiger partial charge is 0.383 e. The van der Waals surface area contributed by atoms with Crippen LogP contribution in [0.2, 0.25) is 0 Å². The zero-order chi connectivity index (χ0) is 15.1. The number of nitrogens with zero attached hydrogens (tertiary/aromatic N) is 2. The molecule has 1 aromatic carbocycles. The maximum Gasteiger partial charge on any atom is 0.280 e. The lowest BCUT2D eigenvalue weighted by Crippen LogP contribution is -2.18. The molecule has 1 heterocycles. The van der Waals surface area contributed by atoms with Crippen LogP contribution in [0.3, 0.4) is 0 Å². The zero-order valence-corrected chi connectivity index (χ0v) is 11.4. The number of carbonyl (C=O) groups is 1. The smallest absolute Gasteiger partial charge is 0.280 e. The van der Waals surface area contributed by atoms with Crippen LogP contribution in [0.15, 0.2) is 24.3 Å². The summed E-state index contributed by atoms with van der Waals surface area (Å²) in [5.41, 5.74) is 6.12. The van der Waals surface area contributed by atoms with E-state index in [4.69, 9.17) is 5.73 Å². The summed E-state index contributed by atoms with van der Waals surface area (Å²) in [4.78, 5) is 12.2. The Bertz CT molecular complexity index is 672. The highest BCUT2D eigenvalue weighted by atomic mass is 19.2. The van der Waals surface area contributed by atoms with Crippen LogP contribution in [-0.2, 0) is 5.41 Å². The molecule has 0 aliphatic heterocycles. The zero-order valence-electron chi connectivity index (χ0n) is 11.4. The summed E-state index contributed by atoms with van der Waals surface area (Å²) < 4.78 is 27.0. The van der Waals surface area contributed by atoms with E-state index in [1.54, 1.807) is 6.07 Å². The van der Waals surface area contributed by atoms with Gasteiger partial charge in [-0.1, -0.05) is 20.8 Å². The van der Waals surface area contributed by atoms with Crippen LogP contribution in [0.4, 0.5) is 14.6 Å². The Kier molecular flexibility index (Phi) is 3.33. The van der Waals surface area contributed by atoms with Crippen molar-refractivity contribution in [2.24, 2.45) is 0 Å². The molecule has 20 heavy (non-hydrogen) atoms. The molecule has 2 N–H and O–H groups in total. The second kappa shape index (κ2) is 4.70. The van der Waals surface area contributed by atoms with Crippen LogP contribution in [0.25, 0.3) is 0 Å². The van der Waals surface area contributed by atoms with Crippen molar-refractivity contribution >= 4 is 11.7 Å². The highest BCUT2D eigenvalue weighted by Gasteiger charge is 2.22. The Morgan fingerprint density at radius 2 is 1.85 bits per heavy atom. The van der Waals surface area contributed by atoms with Gasteiger partial charge in [-0.05, 0) is 18.2 Å². The van der Waals surface area contributed by atoms with E-state index in [9.17, 15) is 13.6 Å². The van der Waals surface area contributed by atoms with E-state index in [-0.39, 0.29) is 16.8 Å². The molecule has 0 aliphatic carbocycles. The minimum atomic E-state index is -1.09. The number of benzene rings is 1. The Balaban J connectivity index is 2.43. The second-order valence-electron chi connectivity index (χ2n) is 5.55. The van der Waals surface area contributed by atoms with Gasteiger partial charge in [-0.25, -0.2) is 8.78 Å². The molecule has 2 rings (SSSR count). The SMILES string of the molecule is CC(C)(C)c1cc(N)n(C(=O)c2ccc(F)c(F)c2)n1. The summed E-state index contributed by atoms with van der Waals surface area (Å²) in [5, 5.41) is 4.14. The molecule has 0 bridgehead atoms. The standard InChI is InChI=1S/C14H15F2N3O/c1-14(2,3)11-7-12(17)19(18-11)13(20)8-4-5-9(15)10(16)6-8/h4-7H,17H2,1-3H3. The van der Waals surface area contributed by atoms with Gasteiger partial charge in [0.15, 0.2) is 11.6 Å². The fourth-order valence-electron chi connectivity index (χ4n) is 1.68. The third kappa shape index (κ3) is 2.54.